The minimum absolute atomic E-state index is 0.0394. The molecule has 0 spiro atoms. The molecule has 0 amide bonds. The number of nitrogens with one attached hydrogen (secondary N) is 1. The Bertz CT molecular complexity index is 491. The van der Waals surface area contributed by atoms with Gasteiger partial charge in [0.05, 0.1) is 24.7 Å². The van der Waals surface area contributed by atoms with E-state index in [1.54, 1.807) is 0 Å². The zero-order valence-electron chi connectivity index (χ0n) is 10.9. The molecule has 7 nitrogen and oxygen atoms in total. The number of nitro groups is 1. The molecule has 0 radical (unpaired) electrons. The number of halogens is 1. The second kappa shape index (κ2) is 6.49. The molecule has 1 fully saturated rings. The molecule has 1 saturated heterocycles. The van der Waals surface area contributed by atoms with E-state index in [-0.39, 0.29) is 24.2 Å². The molecule has 1 aromatic carbocycles. The Labute approximate surface area is 114 Å². The Hall–Kier alpha value is -1.93. The molecule has 20 heavy (non-hydrogen) atoms. The van der Waals surface area contributed by atoms with Crippen molar-refractivity contribution < 1.29 is 23.5 Å². The number of methoxy groups -OCH3 is 1. The molecule has 1 aliphatic heterocycles. The first-order valence-corrected chi connectivity index (χ1v) is 6.09. The van der Waals surface area contributed by atoms with Crippen molar-refractivity contribution in [1.29, 1.82) is 0 Å². The van der Waals surface area contributed by atoms with Crippen molar-refractivity contribution in [3.8, 4) is 11.5 Å². The van der Waals surface area contributed by atoms with Gasteiger partial charge in [0.15, 0.2) is 11.6 Å². The number of ether oxygens (including phenoxy) is 3. The summed E-state index contributed by atoms with van der Waals surface area (Å²) in [5.74, 6) is -0.946. The number of benzene rings is 1. The maximum atomic E-state index is 13.5. The van der Waals surface area contributed by atoms with E-state index in [0.717, 1.165) is 12.6 Å². The minimum Gasteiger partial charge on any atom is -0.494 e. The van der Waals surface area contributed by atoms with Crippen LogP contribution in [0, 0.1) is 15.9 Å². The van der Waals surface area contributed by atoms with Gasteiger partial charge in [-0.3, -0.25) is 10.1 Å². The molecule has 1 aromatic rings. The normalized spacial score (nSPS) is 18.6. The SMILES string of the molecule is COc1cc(OCC2CNCCO2)c([N+](=O)[O-])cc1F. The lowest BCUT2D eigenvalue weighted by atomic mass is 10.2. The van der Waals surface area contributed by atoms with Crippen LogP contribution in [0.3, 0.4) is 0 Å². The van der Waals surface area contributed by atoms with Gasteiger partial charge in [-0.05, 0) is 0 Å². The van der Waals surface area contributed by atoms with Gasteiger partial charge in [-0.2, -0.15) is 0 Å². The van der Waals surface area contributed by atoms with Crippen LogP contribution in [0.2, 0.25) is 0 Å². The van der Waals surface area contributed by atoms with E-state index in [9.17, 15) is 14.5 Å². The predicted octanol–water partition coefficient (Wildman–Crippen LogP) is 1.11. The lowest BCUT2D eigenvalue weighted by Gasteiger charge is -2.23. The van der Waals surface area contributed by atoms with Gasteiger partial charge in [-0.1, -0.05) is 0 Å². The van der Waals surface area contributed by atoms with Crippen LogP contribution in [0.25, 0.3) is 0 Å². The first-order valence-electron chi connectivity index (χ1n) is 6.09. The molecular weight excluding hydrogens is 271 g/mol. The maximum absolute atomic E-state index is 13.5. The number of nitro benzene ring substituents is 1. The summed E-state index contributed by atoms with van der Waals surface area (Å²) in [5.41, 5.74) is -0.438. The molecule has 8 heteroatoms. The van der Waals surface area contributed by atoms with Crippen LogP contribution in [0.4, 0.5) is 10.1 Å². The molecule has 110 valence electrons. The third kappa shape index (κ3) is 3.34. The second-order valence-electron chi connectivity index (χ2n) is 4.22. The number of morpholine rings is 1. The average Bonchev–Trinajstić information content (AvgIpc) is 2.46. The molecule has 0 saturated carbocycles. The summed E-state index contributed by atoms with van der Waals surface area (Å²) >= 11 is 0. The van der Waals surface area contributed by atoms with E-state index >= 15 is 0 Å². The summed E-state index contributed by atoms with van der Waals surface area (Å²) in [5, 5.41) is 14.0. The smallest absolute Gasteiger partial charge is 0.314 e. The molecule has 1 heterocycles. The molecule has 1 N–H and O–H groups in total. The molecule has 0 aromatic heterocycles. The quantitative estimate of drug-likeness (QED) is 0.645. The van der Waals surface area contributed by atoms with Crippen molar-refractivity contribution in [2.24, 2.45) is 0 Å². The summed E-state index contributed by atoms with van der Waals surface area (Å²) in [4.78, 5) is 10.2. The monoisotopic (exact) mass is 286 g/mol. The average molecular weight is 286 g/mol. The molecule has 1 aliphatic rings. The number of rotatable bonds is 5. The van der Waals surface area contributed by atoms with Crippen molar-refractivity contribution in [2.75, 3.05) is 33.4 Å². The van der Waals surface area contributed by atoms with E-state index in [1.807, 2.05) is 0 Å². The molecule has 2 rings (SSSR count). The summed E-state index contributed by atoms with van der Waals surface area (Å²) in [7, 11) is 1.28. The van der Waals surface area contributed by atoms with Crippen LogP contribution in [0.1, 0.15) is 0 Å². The van der Waals surface area contributed by atoms with Crippen LogP contribution in [-0.4, -0.2) is 44.4 Å². The second-order valence-corrected chi connectivity index (χ2v) is 4.22. The third-order valence-electron chi connectivity index (χ3n) is 2.86. The zero-order chi connectivity index (χ0) is 14.5. The van der Waals surface area contributed by atoms with Crippen LogP contribution >= 0.6 is 0 Å². The van der Waals surface area contributed by atoms with E-state index in [4.69, 9.17) is 14.2 Å². The van der Waals surface area contributed by atoms with Crippen LogP contribution in [0.15, 0.2) is 12.1 Å². The Kier molecular flexibility index (Phi) is 4.70. The summed E-state index contributed by atoms with van der Waals surface area (Å²) < 4.78 is 29.1. The van der Waals surface area contributed by atoms with Crippen molar-refractivity contribution >= 4 is 5.69 Å². The number of nitrogens with zero attached hydrogens (tertiary/aromatic N) is 1. The summed E-state index contributed by atoms with van der Waals surface area (Å²) in [6, 6.07) is 1.96. The molecule has 0 bridgehead atoms. The van der Waals surface area contributed by atoms with Crippen molar-refractivity contribution in [2.45, 2.75) is 6.10 Å². The highest BCUT2D eigenvalue weighted by atomic mass is 19.1. The fourth-order valence-corrected chi connectivity index (χ4v) is 1.85. The van der Waals surface area contributed by atoms with E-state index < -0.39 is 16.4 Å². The third-order valence-corrected chi connectivity index (χ3v) is 2.86. The van der Waals surface area contributed by atoms with Gasteiger partial charge >= 0.3 is 5.69 Å². The maximum Gasteiger partial charge on any atom is 0.314 e. The van der Waals surface area contributed by atoms with E-state index in [0.29, 0.717) is 13.2 Å². The van der Waals surface area contributed by atoms with Gasteiger partial charge in [-0.15, -0.1) is 0 Å². The van der Waals surface area contributed by atoms with Crippen molar-refractivity contribution in [3.05, 3.63) is 28.1 Å². The van der Waals surface area contributed by atoms with Gasteiger partial charge in [0.2, 0.25) is 5.75 Å². The first-order chi connectivity index (χ1) is 9.61. The first kappa shape index (κ1) is 14.5. The molecular formula is C12H15FN2O5. The predicted molar refractivity (Wildman–Crippen MR) is 67.7 cm³/mol. The highest BCUT2D eigenvalue weighted by Crippen LogP contribution is 2.33. The van der Waals surface area contributed by atoms with Crippen LogP contribution in [0.5, 0.6) is 11.5 Å². The lowest BCUT2D eigenvalue weighted by molar-refractivity contribution is -0.386. The number of hydrogen-bond acceptors (Lipinski definition) is 6. The minimum atomic E-state index is -0.804. The summed E-state index contributed by atoms with van der Waals surface area (Å²) in [6.45, 7) is 2.07. The van der Waals surface area contributed by atoms with E-state index in [1.165, 1.54) is 13.2 Å². The van der Waals surface area contributed by atoms with E-state index in [2.05, 4.69) is 5.32 Å². The topological polar surface area (TPSA) is 82.9 Å². The fourth-order valence-electron chi connectivity index (χ4n) is 1.85. The highest BCUT2D eigenvalue weighted by Gasteiger charge is 2.22. The lowest BCUT2D eigenvalue weighted by Crippen LogP contribution is -2.41. The molecule has 1 atom stereocenters. The van der Waals surface area contributed by atoms with Gasteiger partial charge in [0, 0.05) is 19.2 Å². The van der Waals surface area contributed by atoms with Gasteiger partial charge in [0.1, 0.15) is 12.7 Å². The van der Waals surface area contributed by atoms with Gasteiger partial charge in [0.25, 0.3) is 0 Å². The van der Waals surface area contributed by atoms with Gasteiger partial charge < -0.3 is 19.5 Å². The van der Waals surface area contributed by atoms with Crippen LogP contribution < -0.4 is 14.8 Å². The molecule has 0 aliphatic carbocycles. The Morgan fingerprint density at radius 1 is 1.55 bits per heavy atom. The Morgan fingerprint density at radius 2 is 2.35 bits per heavy atom. The Morgan fingerprint density at radius 3 is 2.95 bits per heavy atom. The van der Waals surface area contributed by atoms with Crippen molar-refractivity contribution in [3.63, 3.8) is 0 Å². The number of hydrogen-bond donors (Lipinski definition) is 1. The van der Waals surface area contributed by atoms with Crippen LogP contribution in [-0.2, 0) is 4.74 Å². The van der Waals surface area contributed by atoms with Crippen molar-refractivity contribution in [1.82, 2.24) is 5.32 Å². The van der Waals surface area contributed by atoms with Gasteiger partial charge in [-0.25, -0.2) is 4.39 Å². The zero-order valence-corrected chi connectivity index (χ0v) is 10.9. The molecule has 1 unspecified atom stereocenters. The Balaban J connectivity index is 2.13. The fraction of sp³-hybridized carbons (Fsp3) is 0.500. The summed E-state index contributed by atoms with van der Waals surface area (Å²) in [6.07, 6.45) is -0.195. The largest absolute Gasteiger partial charge is 0.494 e. The highest BCUT2D eigenvalue weighted by molar-refractivity contribution is 5.51. The standard InChI is InChI=1S/C12H15FN2O5/c1-18-11-5-12(10(15(16)17)4-9(11)13)20-7-8-6-14-2-3-19-8/h4-5,8,14H,2-3,6-7H2,1H3.